The lowest BCUT2D eigenvalue weighted by Gasteiger charge is -2.19. The molecule has 0 aromatic heterocycles. The number of sulfone groups is 1. The van der Waals surface area contributed by atoms with Crippen molar-refractivity contribution in [2.24, 2.45) is 0 Å². The maximum atomic E-state index is 13.5. The number of amides is 2. The molecule has 0 aliphatic carbocycles. The third-order valence-corrected chi connectivity index (χ3v) is 8.54. The number of rotatable bonds is 7. The van der Waals surface area contributed by atoms with E-state index >= 15 is 0 Å². The van der Waals surface area contributed by atoms with Gasteiger partial charge in [-0.15, -0.1) is 0 Å². The zero-order valence-electron chi connectivity index (χ0n) is 18.6. The summed E-state index contributed by atoms with van der Waals surface area (Å²) in [7, 11) is -3.19. The predicted molar refractivity (Wildman–Crippen MR) is 140 cm³/mol. The van der Waals surface area contributed by atoms with Crippen molar-refractivity contribution in [1.82, 2.24) is 10.6 Å². The standard InChI is InChI=1S/C26H23ClN2O4S2/c27-20-11-13-22(14-12-20)34-24(18-7-3-1-4-8-18)23(29-25(30)19-9-5-2-6-10-19)26(31)28-21-15-16-35(32,33)17-21/h1-14,21H,15-17H2,(H,28,31)(H,29,30). The molecule has 2 amide bonds. The SMILES string of the molecule is O=C(NC1CCS(=O)(=O)C1)C(NC(=O)c1ccccc1)=C(Sc1ccc(Cl)cc1)c1ccccc1. The van der Waals surface area contributed by atoms with Gasteiger partial charge in [-0.2, -0.15) is 0 Å². The fourth-order valence-electron chi connectivity index (χ4n) is 3.62. The van der Waals surface area contributed by atoms with Gasteiger partial charge in [0.05, 0.1) is 11.5 Å². The molecule has 0 radical (unpaired) electrons. The Bertz CT molecular complexity index is 1340. The molecule has 1 saturated heterocycles. The molecule has 4 rings (SSSR count). The van der Waals surface area contributed by atoms with Crippen LogP contribution in [0.2, 0.25) is 5.02 Å². The molecule has 0 spiro atoms. The molecule has 3 aromatic rings. The van der Waals surface area contributed by atoms with E-state index in [1.165, 1.54) is 11.8 Å². The Kier molecular flexibility index (Phi) is 7.95. The van der Waals surface area contributed by atoms with Crippen LogP contribution in [-0.2, 0) is 14.6 Å². The van der Waals surface area contributed by atoms with Crippen molar-refractivity contribution in [3.05, 3.63) is 107 Å². The molecule has 0 bridgehead atoms. The quantitative estimate of drug-likeness (QED) is 0.348. The molecule has 1 heterocycles. The molecular weight excluding hydrogens is 504 g/mol. The minimum atomic E-state index is -3.19. The van der Waals surface area contributed by atoms with Crippen LogP contribution < -0.4 is 10.6 Å². The molecule has 6 nitrogen and oxygen atoms in total. The number of hydrogen-bond acceptors (Lipinski definition) is 5. The van der Waals surface area contributed by atoms with Crippen LogP contribution in [0, 0.1) is 0 Å². The minimum Gasteiger partial charge on any atom is -0.347 e. The summed E-state index contributed by atoms with van der Waals surface area (Å²) in [5, 5.41) is 6.18. The summed E-state index contributed by atoms with van der Waals surface area (Å²) in [5.74, 6) is -1.08. The summed E-state index contributed by atoms with van der Waals surface area (Å²) in [4.78, 5) is 27.9. The van der Waals surface area contributed by atoms with Gasteiger partial charge in [0.15, 0.2) is 9.84 Å². The molecule has 3 aromatic carbocycles. The molecule has 180 valence electrons. The Morgan fingerprint density at radius 1 is 0.857 bits per heavy atom. The summed E-state index contributed by atoms with van der Waals surface area (Å²) in [6, 6.07) is 24.5. The Hall–Kier alpha value is -3.07. The van der Waals surface area contributed by atoms with Crippen LogP contribution in [0.25, 0.3) is 4.91 Å². The van der Waals surface area contributed by atoms with E-state index in [9.17, 15) is 18.0 Å². The van der Waals surface area contributed by atoms with Crippen molar-refractivity contribution < 1.29 is 18.0 Å². The summed E-state index contributed by atoms with van der Waals surface area (Å²) >= 11 is 7.35. The second-order valence-corrected chi connectivity index (χ2v) is 11.8. The van der Waals surface area contributed by atoms with Crippen molar-refractivity contribution in [2.45, 2.75) is 17.4 Å². The molecule has 2 N–H and O–H groups in total. The lowest BCUT2D eigenvalue weighted by molar-refractivity contribution is -0.118. The zero-order valence-corrected chi connectivity index (χ0v) is 21.0. The monoisotopic (exact) mass is 526 g/mol. The van der Waals surface area contributed by atoms with E-state index in [4.69, 9.17) is 11.6 Å². The minimum absolute atomic E-state index is 0.0262. The van der Waals surface area contributed by atoms with Gasteiger partial charge < -0.3 is 10.6 Å². The first-order chi connectivity index (χ1) is 16.8. The normalized spacial score (nSPS) is 17.3. The molecule has 9 heteroatoms. The average molecular weight is 527 g/mol. The largest absolute Gasteiger partial charge is 0.347 e. The van der Waals surface area contributed by atoms with Gasteiger partial charge in [0.2, 0.25) is 0 Å². The first-order valence-electron chi connectivity index (χ1n) is 10.9. The highest BCUT2D eigenvalue weighted by molar-refractivity contribution is 8.08. The summed E-state index contributed by atoms with van der Waals surface area (Å²) < 4.78 is 23.9. The van der Waals surface area contributed by atoms with Crippen molar-refractivity contribution in [3.8, 4) is 0 Å². The highest BCUT2D eigenvalue weighted by Crippen LogP contribution is 2.37. The maximum Gasteiger partial charge on any atom is 0.269 e. The lowest BCUT2D eigenvalue weighted by Crippen LogP contribution is -2.41. The highest BCUT2D eigenvalue weighted by Gasteiger charge is 2.31. The number of nitrogens with one attached hydrogen (secondary N) is 2. The Labute approximate surface area is 213 Å². The van der Waals surface area contributed by atoms with E-state index in [1.54, 1.807) is 42.5 Å². The van der Waals surface area contributed by atoms with Crippen LogP contribution in [0.5, 0.6) is 0 Å². The fourth-order valence-corrected chi connectivity index (χ4v) is 6.43. The smallest absolute Gasteiger partial charge is 0.269 e. The Morgan fingerprint density at radius 2 is 1.46 bits per heavy atom. The number of thioether (sulfide) groups is 1. The van der Waals surface area contributed by atoms with Crippen LogP contribution in [0.15, 0.2) is 95.5 Å². The number of benzene rings is 3. The van der Waals surface area contributed by atoms with E-state index in [2.05, 4.69) is 10.6 Å². The molecular formula is C26H23ClN2O4S2. The van der Waals surface area contributed by atoms with Gasteiger partial charge >= 0.3 is 0 Å². The van der Waals surface area contributed by atoms with Gasteiger partial charge in [-0.3, -0.25) is 9.59 Å². The van der Waals surface area contributed by atoms with Gasteiger partial charge in [0.25, 0.3) is 11.8 Å². The Morgan fingerprint density at radius 3 is 2.03 bits per heavy atom. The third kappa shape index (κ3) is 6.75. The molecule has 1 aliphatic rings. The van der Waals surface area contributed by atoms with Crippen molar-refractivity contribution in [2.75, 3.05) is 11.5 Å². The van der Waals surface area contributed by atoms with E-state index in [-0.39, 0.29) is 17.2 Å². The highest BCUT2D eigenvalue weighted by atomic mass is 35.5. The number of carbonyl (C=O) groups excluding carboxylic acids is 2. The van der Waals surface area contributed by atoms with Gasteiger partial charge in [0, 0.05) is 26.4 Å². The predicted octanol–water partition coefficient (Wildman–Crippen LogP) is 4.53. The third-order valence-electron chi connectivity index (χ3n) is 5.37. The number of hydrogen-bond donors (Lipinski definition) is 2. The van der Waals surface area contributed by atoms with Crippen molar-refractivity contribution >= 4 is 49.9 Å². The molecule has 35 heavy (non-hydrogen) atoms. The molecule has 1 aliphatic heterocycles. The van der Waals surface area contributed by atoms with Crippen LogP contribution in [-0.4, -0.2) is 37.8 Å². The van der Waals surface area contributed by atoms with E-state index in [1.807, 2.05) is 42.5 Å². The van der Waals surface area contributed by atoms with Gasteiger partial charge in [0.1, 0.15) is 5.70 Å². The first kappa shape index (κ1) is 25.0. The second kappa shape index (κ2) is 11.1. The van der Waals surface area contributed by atoms with Crippen molar-refractivity contribution in [1.29, 1.82) is 0 Å². The molecule has 1 fully saturated rings. The van der Waals surface area contributed by atoms with Crippen molar-refractivity contribution in [3.63, 3.8) is 0 Å². The van der Waals surface area contributed by atoms with E-state index in [0.717, 1.165) is 10.5 Å². The van der Waals surface area contributed by atoms with Gasteiger partial charge in [-0.1, -0.05) is 71.9 Å². The molecule has 1 atom stereocenters. The van der Waals surface area contributed by atoms with Crippen LogP contribution >= 0.6 is 23.4 Å². The fraction of sp³-hybridized carbons (Fsp3) is 0.154. The molecule has 1 unspecified atom stereocenters. The van der Waals surface area contributed by atoms with Crippen LogP contribution in [0.4, 0.5) is 0 Å². The second-order valence-electron chi connectivity index (χ2n) is 8.02. The first-order valence-corrected chi connectivity index (χ1v) is 13.9. The topological polar surface area (TPSA) is 92.3 Å². The average Bonchev–Trinajstić information content (AvgIpc) is 3.21. The number of halogens is 1. The van der Waals surface area contributed by atoms with Crippen LogP contribution in [0.3, 0.4) is 0 Å². The van der Waals surface area contributed by atoms with Crippen LogP contribution in [0.1, 0.15) is 22.3 Å². The van der Waals surface area contributed by atoms with E-state index < -0.39 is 27.7 Å². The van der Waals surface area contributed by atoms with Gasteiger partial charge in [-0.25, -0.2) is 8.42 Å². The van der Waals surface area contributed by atoms with Gasteiger partial charge in [-0.05, 0) is 48.4 Å². The summed E-state index contributed by atoms with van der Waals surface area (Å²) in [6.07, 6.45) is 0.332. The number of carbonyl (C=O) groups is 2. The summed E-state index contributed by atoms with van der Waals surface area (Å²) in [6.45, 7) is 0. The maximum absolute atomic E-state index is 13.5. The molecule has 0 saturated carbocycles. The zero-order chi connectivity index (χ0) is 24.8. The summed E-state index contributed by atoms with van der Waals surface area (Å²) in [5.41, 5.74) is 1.17. The lowest BCUT2D eigenvalue weighted by atomic mass is 10.1. The van der Waals surface area contributed by atoms with E-state index in [0.29, 0.717) is 21.9 Å². The Balaban J connectivity index is 1.76.